The molecular weight excluding hydrogens is 284 g/mol. The van der Waals surface area contributed by atoms with Gasteiger partial charge >= 0.3 is 0 Å². The smallest absolute Gasteiger partial charge is 0.223 e. The van der Waals surface area contributed by atoms with Gasteiger partial charge in [-0.15, -0.1) is 0 Å². The zero-order valence-electron chi connectivity index (χ0n) is 12.7. The van der Waals surface area contributed by atoms with E-state index >= 15 is 0 Å². The summed E-state index contributed by atoms with van der Waals surface area (Å²) in [6, 6.07) is 7.80. The molecule has 1 aliphatic rings. The van der Waals surface area contributed by atoms with Crippen LogP contribution in [0.3, 0.4) is 0 Å². The van der Waals surface area contributed by atoms with E-state index in [2.05, 4.69) is 10.6 Å². The van der Waals surface area contributed by atoms with Gasteiger partial charge in [0, 0.05) is 17.5 Å². The molecule has 4 heteroatoms. The van der Waals surface area contributed by atoms with Crippen molar-refractivity contribution >= 4 is 17.5 Å². The predicted molar refractivity (Wildman–Crippen MR) is 87.5 cm³/mol. The minimum atomic E-state index is 0.211. The molecule has 1 amide bonds. The van der Waals surface area contributed by atoms with Gasteiger partial charge in [-0.1, -0.05) is 23.7 Å². The first-order chi connectivity index (χ1) is 10.2. The van der Waals surface area contributed by atoms with Gasteiger partial charge in [-0.2, -0.15) is 0 Å². The third-order valence-corrected chi connectivity index (χ3v) is 4.59. The van der Waals surface area contributed by atoms with Crippen LogP contribution in [0.2, 0.25) is 5.02 Å². The Labute approximate surface area is 132 Å². The Bertz CT molecular complexity index is 439. The Hall–Kier alpha value is -1.06. The molecule has 1 fully saturated rings. The van der Waals surface area contributed by atoms with Crippen molar-refractivity contribution in [2.24, 2.45) is 11.8 Å². The first-order valence-electron chi connectivity index (χ1n) is 7.86. The molecule has 0 radical (unpaired) electrons. The number of benzene rings is 1. The van der Waals surface area contributed by atoms with Gasteiger partial charge in [0.1, 0.15) is 0 Å². The van der Waals surface area contributed by atoms with Crippen LogP contribution < -0.4 is 10.6 Å². The molecule has 21 heavy (non-hydrogen) atoms. The molecule has 1 aliphatic carbocycles. The molecule has 1 aromatic rings. The van der Waals surface area contributed by atoms with Gasteiger partial charge < -0.3 is 10.6 Å². The summed E-state index contributed by atoms with van der Waals surface area (Å²) in [5.41, 5.74) is 1.21. The fraction of sp³-hybridized carbons (Fsp3) is 0.588. The van der Waals surface area contributed by atoms with E-state index in [9.17, 15) is 4.79 Å². The second kappa shape index (κ2) is 8.40. The van der Waals surface area contributed by atoms with Crippen LogP contribution in [-0.4, -0.2) is 26.0 Å². The number of carbonyl (C=O) groups excluding carboxylic acids is 1. The largest absolute Gasteiger partial charge is 0.356 e. The summed E-state index contributed by atoms with van der Waals surface area (Å²) in [6.07, 6.45) is 5.24. The molecule has 2 N–H and O–H groups in total. The SMILES string of the molecule is CNCC1CCC(C(=O)NCCc2ccc(Cl)cc2)CC1. The minimum Gasteiger partial charge on any atom is -0.356 e. The molecular formula is C17H25ClN2O. The van der Waals surface area contributed by atoms with Crippen LogP contribution in [-0.2, 0) is 11.2 Å². The highest BCUT2D eigenvalue weighted by atomic mass is 35.5. The van der Waals surface area contributed by atoms with Crippen LogP contribution >= 0.6 is 11.6 Å². The van der Waals surface area contributed by atoms with Crippen LogP contribution in [0.15, 0.2) is 24.3 Å². The lowest BCUT2D eigenvalue weighted by Gasteiger charge is -2.27. The second-order valence-corrected chi connectivity index (χ2v) is 6.38. The molecule has 0 heterocycles. The first kappa shape index (κ1) is 16.3. The van der Waals surface area contributed by atoms with Crippen molar-refractivity contribution < 1.29 is 4.79 Å². The Kier molecular flexibility index (Phi) is 6.52. The van der Waals surface area contributed by atoms with Crippen LogP contribution in [0.4, 0.5) is 0 Å². The summed E-state index contributed by atoms with van der Waals surface area (Å²) in [7, 11) is 2.00. The minimum absolute atomic E-state index is 0.211. The van der Waals surface area contributed by atoms with E-state index < -0.39 is 0 Å². The van der Waals surface area contributed by atoms with Gasteiger partial charge in [0.05, 0.1) is 0 Å². The number of halogens is 1. The lowest BCUT2D eigenvalue weighted by molar-refractivity contribution is -0.126. The summed E-state index contributed by atoms with van der Waals surface area (Å²) < 4.78 is 0. The quantitative estimate of drug-likeness (QED) is 0.848. The summed E-state index contributed by atoms with van der Waals surface area (Å²) in [5, 5.41) is 7.05. The summed E-state index contributed by atoms with van der Waals surface area (Å²) in [6.45, 7) is 1.78. The third-order valence-electron chi connectivity index (χ3n) is 4.34. The van der Waals surface area contributed by atoms with Crippen molar-refractivity contribution in [1.82, 2.24) is 10.6 Å². The molecule has 1 aromatic carbocycles. The molecule has 0 bridgehead atoms. The summed E-state index contributed by atoms with van der Waals surface area (Å²) >= 11 is 5.86. The van der Waals surface area contributed by atoms with Gasteiger partial charge in [0.25, 0.3) is 0 Å². The molecule has 116 valence electrons. The van der Waals surface area contributed by atoms with Crippen LogP contribution in [0.5, 0.6) is 0 Å². The third kappa shape index (κ3) is 5.33. The molecule has 1 saturated carbocycles. The fourth-order valence-electron chi connectivity index (χ4n) is 3.04. The van der Waals surface area contributed by atoms with E-state index in [1.165, 1.54) is 5.56 Å². The number of nitrogens with one attached hydrogen (secondary N) is 2. The van der Waals surface area contributed by atoms with Crippen molar-refractivity contribution in [2.45, 2.75) is 32.1 Å². The normalized spacial score (nSPS) is 22.0. The second-order valence-electron chi connectivity index (χ2n) is 5.94. The topological polar surface area (TPSA) is 41.1 Å². The monoisotopic (exact) mass is 308 g/mol. The van der Waals surface area contributed by atoms with E-state index in [4.69, 9.17) is 11.6 Å². The van der Waals surface area contributed by atoms with E-state index in [-0.39, 0.29) is 11.8 Å². The van der Waals surface area contributed by atoms with E-state index in [0.717, 1.165) is 49.6 Å². The standard InChI is InChI=1S/C17H25ClN2O/c1-19-12-14-2-6-15(7-3-14)17(21)20-11-10-13-4-8-16(18)9-5-13/h4-5,8-9,14-15,19H,2-3,6-7,10-12H2,1H3,(H,20,21). The molecule has 0 spiro atoms. The predicted octanol–water partition coefficient (Wildman–Crippen LogP) is 3.02. The average Bonchev–Trinajstić information content (AvgIpc) is 2.50. The maximum Gasteiger partial charge on any atom is 0.223 e. The highest BCUT2D eigenvalue weighted by Gasteiger charge is 2.25. The van der Waals surface area contributed by atoms with E-state index in [1.54, 1.807) is 0 Å². The van der Waals surface area contributed by atoms with E-state index in [1.807, 2.05) is 31.3 Å². The van der Waals surface area contributed by atoms with Gasteiger partial charge in [0.15, 0.2) is 0 Å². The summed E-state index contributed by atoms with van der Waals surface area (Å²) in [5.74, 6) is 1.18. The number of amides is 1. The highest BCUT2D eigenvalue weighted by molar-refractivity contribution is 6.30. The first-order valence-corrected chi connectivity index (χ1v) is 8.23. The van der Waals surface area contributed by atoms with Crippen molar-refractivity contribution in [1.29, 1.82) is 0 Å². The number of hydrogen-bond donors (Lipinski definition) is 2. The Balaban J connectivity index is 1.67. The van der Waals surface area contributed by atoms with Crippen molar-refractivity contribution in [3.8, 4) is 0 Å². The maximum atomic E-state index is 12.2. The number of carbonyl (C=O) groups is 1. The van der Waals surface area contributed by atoms with Crippen LogP contribution in [0.1, 0.15) is 31.2 Å². The molecule has 0 aliphatic heterocycles. The Morgan fingerprint density at radius 1 is 1.19 bits per heavy atom. The number of hydrogen-bond acceptors (Lipinski definition) is 2. The zero-order chi connectivity index (χ0) is 15.1. The molecule has 0 atom stereocenters. The van der Waals surface area contributed by atoms with Crippen molar-refractivity contribution in [3.05, 3.63) is 34.9 Å². The zero-order valence-corrected chi connectivity index (χ0v) is 13.5. The van der Waals surface area contributed by atoms with Crippen LogP contribution in [0, 0.1) is 11.8 Å². The molecule has 0 unspecified atom stereocenters. The summed E-state index contributed by atoms with van der Waals surface area (Å²) in [4.78, 5) is 12.2. The lowest BCUT2D eigenvalue weighted by atomic mass is 9.81. The van der Waals surface area contributed by atoms with Crippen molar-refractivity contribution in [2.75, 3.05) is 20.1 Å². The molecule has 0 aromatic heterocycles. The van der Waals surface area contributed by atoms with Gasteiger partial charge in [-0.3, -0.25) is 4.79 Å². The van der Waals surface area contributed by atoms with E-state index in [0.29, 0.717) is 6.54 Å². The van der Waals surface area contributed by atoms with Gasteiger partial charge in [-0.05, 0) is 69.3 Å². The average molecular weight is 309 g/mol. The Morgan fingerprint density at radius 2 is 1.86 bits per heavy atom. The fourth-order valence-corrected chi connectivity index (χ4v) is 3.17. The van der Waals surface area contributed by atoms with Crippen molar-refractivity contribution in [3.63, 3.8) is 0 Å². The Morgan fingerprint density at radius 3 is 2.48 bits per heavy atom. The number of rotatable bonds is 6. The maximum absolute atomic E-state index is 12.2. The highest BCUT2D eigenvalue weighted by Crippen LogP contribution is 2.28. The molecule has 0 saturated heterocycles. The van der Waals surface area contributed by atoms with Gasteiger partial charge in [0.2, 0.25) is 5.91 Å². The lowest BCUT2D eigenvalue weighted by Crippen LogP contribution is -2.35. The van der Waals surface area contributed by atoms with Crippen LogP contribution in [0.25, 0.3) is 0 Å². The molecule has 2 rings (SSSR count). The van der Waals surface area contributed by atoms with Gasteiger partial charge in [-0.25, -0.2) is 0 Å². The molecule has 3 nitrogen and oxygen atoms in total.